The molecule has 0 saturated carbocycles. The van der Waals surface area contributed by atoms with Gasteiger partial charge >= 0.3 is 0 Å². The molecule has 0 spiro atoms. The summed E-state index contributed by atoms with van der Waals surface area (Å²) in [5, 5.41) is 9.02. The van der Waals surface area contributed by atoms with Crippen molar-refractivity contribution in [3.8, 4) is 0 Å². The smallest absolute Gasteiger partial charge is 0.0558 e. The SMILES string of the molecule is OCCN1CCCN(CC2Cc3ccccc32)CC1. The highest BCUT2D eigenvalue weighted by Crippen LogP contribution is 2.35. The highest BCUT2D eigenvalue weighted by atomic mass is 16.3. The molecule has 19 heavy (non-hydrogen) atoms. The lowest BCUT2D eigenvalue weighted by atomic mass is 9.77. The molecule has 1 heterocycles. The van der Waals surface area contributed by atoms with Crippen LogP contribution < -0.4 is 0 Å². The molecule has 3 heteroatoms. The van der Waals surface area contributed by atoms with E-state index in [0.717, 1.165) is 32.1 Å². The van der Waals surface area contributed by atoms with Gasteiger partial charge in [-0.25, -0.2) is 0 Å². The average Bonchev–Trinajstić information content (AvgIpc) is 2.62. The van der Waals surface area contributed by atoms with Crippen molar-refractivity contribution in [3.05, 3.63) is 35.4 Å². The third-order valence-corrected chi connectivity index (χ3v) is 4.54. The van der Waals surface area contributed by atoms with Gasteiger partial charge in [0, 0.05) is 32.1 Å². The molecule has 104 valence electrons. The lowest BCUT2D eigenvalue weighted by Gasteiger charge is -2.34. The van der Waals surface area contributed by atoms with Crippen molar-refractivity contribution in [1.82, 2.24) is 9.80 Å². The largest absolute Gasteiger partial charge is 0.395 e. The van der Waals surface area contributed by atoms with Gasteiger partial charge in [0.05, 0.1) is 6.61 Å². The number of benzene rings is 1. The van der Waals surface area contributed by atoms with E-state index >= 15 is 0 Å². The Morgan fingerprint density at radius 3 is 2.68 bits per heavy atom. The van der Waals surface area contributed by atoms with Crippen molar-refractivity contribution >= 4 is 0 Å². The highest BCUT2D eigenvalue weighted by molar-refractivity contribution is 5.40. The molecule has 1 atom stereocenters. The summed E-state index contributed by atoms with van der Waals surface area (Å²) in [6.45, 7) is 6.94. The standard InChI is InChI=1S/C16H24N2O/c19-11-10-17-6-3-7-18(9-8-17)13-15-12-14-4-1-2-5-16(14)15/h1-2,4-5,15,19H,3,6-13H2. The molecule has 0 radical (unpaired) electrons. The van der Waals surface area contributed by atoms with E-state index in [4.69, 9.17) is 5.11 Å². The van der Waals surface area contributed by atoms with Crippen LogP contribution in [-0.4, -0.2) is 60.8 Å². The molecule has 0 aromatic heterocycles. The molecule has 0 bridgehead atoms. The van der Waals surface area contributed by atoms with Crippen LogP contribution in [0.25, 0.3) is 0 Å². The van der Waals surface area contributed by atoms with Crippen LogP contribution in [0.15, 0.2) is 24.3 Å². The van der Waals surface area contributed by atoms with Crippen molar-refractivity contribution in [3.63, 3.8) is 0 Å². The number of fused-ring (bicyclic) bond motifs is 1. The van der Waals surface area contributed by atoms with Gasteiger partial charge in [0.15, 0.2) is 0 Å². The van der Waals surface area contributed by atoms with E-state index in [9.17, 15) is 0 Å². The number of hydrogen-bond donors (Lipinski definition) is 1. The van der Waals surface area contributed by atoms with Gasteiger partial charge in [-0.15, -0.1) is 0 Å². The molecule has 1 saturated heterocycles. The molecule has 1 aromatic rings. The normalized spacial score (nSPS) is 24.6. The number of aliphatic hydroxyl groups is 1. The Bertz CT molecular complexity index is 421. The van der Waals surface area contributed by atoms with E-state index < -0.39 is 0 Å². The molecule has 1 unspecified atom stereocenters. The molecule has 1 aromatic carbocycles. The van der Waals surface area contributed by atoms with E-state index in [1.807, 2.05) is 0 Å². The predicted molar refractivity (Wildman–Crippen MR) is 77.5 cm³/mol. The number of nitrogens with zero attached hydrogens (tertiary/aromatic N) is 2. The summed E-state index contributed by atoms with van der Waals surface area (Å²) in [7, 11) is 0. The minimum atomic E-state index is 0.288. The minimum Gasteiger partial charge on any atom is -0.395 e. The van der Waals surface area contributed by atoms with Crippen LogP contribution in [0, 0.1) is 0 Å². The Morgan fingerprint density at radius 2 is 1.84 bits per heavy atom. The fourth-order valence-corrected chi connectivity index (χ4v) is 3.41. The summed E-state index contributed by atoms with van der Waals surface area (Å²) in [4.78, 5) is 4.99. The van der Waals surface area contributed by atoms with Crippen molar-refractivity contribution in [1.29, 1.82) is 0 Å². The van der Waals surface area contributed by atoms with Crippen LogP contribution in [0.3, 0.4) is 0 Å². The number of hydrogen-bond acceptors (Lipinski definition) is 3. The fraction of sp³-hybridized carbons (Fsp3) is 0.625. The second-order valence-corrected chi connectivity index (χ2v) is 5.82. The van der Waals surface area contributed by atoms with Gasteiger partial charge in [-0.1, -0.05) is 24.3 Å². The molecule has 1 N–H and O–H groups in total. The molecular formula is C16H24N2O. The molecule has 0 amide bonds. The Kier molecular flexibility index (Phi) is 4.16. The van der Waals surface area contributed by atoms with Crippen LogP contribution in [0.5, 0.6) is 0 Å². The van der Waals surface area contributed by atoms with E-state index in [0.29, 0.717) is 0 Å². The first kappa shape index (κ1) is 13.1. The quantitative estimate of drug-likeness (QED) is 0.884. The minimum absolute atomic E-state index is 0.288. The second kappa shape index (κ2) is 6.04. The maximum Gasteiger partial charge on any atom is 0.0558 e. The third kappa shape index (κ3) is 2.99. The Hall–Kier alpha value is -0.900. The maximum absolute atomic E-state index is 9.02. The van der Waals surface area contributed by atoms with E-state index in [2.05, 4.69) is 34.1 Å². The number of aliphatic hydroxyl groups excluding tert-OH is 1. The van der Waals surface area contributed by atoms with Crippen molar-refractivity contribution in [2.24, 2.45) is 0 Å². The van der Waals surface area contributed by atoms with Gasteiger partial charge in [-0.05, 0) is 37.1 Å². The van der Waals surface area contributed by atoms with Gasteiger partial charge in [0.2, 0.25) is 0 Å². The number of β-amino-alcohol motifs (C(OH)–C–C–N with tert-alkyl or cyclic N) is 1. The number of rotatable bonds is 4. The van der Waals surface area contributed by atoms with Gasteiger partial charge in [-0.3, -0.25) is 4.90 Å². The van der Waals surface area contributed by atoms with Gasteiger partial charge in [0.1, 0.15) is 0 Å². The first-order valence-electron chi connectivity index (χ1n) is 7.50. The zero-order valence-corrected chi connectivity index (χ0v) is 11.6. The summed E-state index contributed by atoms with van der Waals surface area (Å²) in [6.07, 6.45) is 2.49. The molecule has 1 aliphatic heterocycles. The lowest BCUT2D eigenvalue weighted by Crippen LogP contribution is -2.36. The summed E-state index contributed by atoms with van der Waals surface area (Å²) in [5.74, 6) is 0.751. The summed E-state index contributed by atoms with van der Waals surface area (Å²) >= 11 is 0. The fourth-order valence-electron chi connectivity index (χ4n) is 3.41. The first-order valence-corrected chi connectivity index (χ1v) is 7.50. The Labute approximate surface area is 115 Å². The molecule has 3 rings (SSSR count). The summed E-state index contributed by atoms with van der Waals surface area (Å²) < 4.78 is 0. The van der Waals surface area contributed by atoms with Crippen molar-refractivity contribution in [2.45, 2.75) is 18.8 Å². The Balaban J connectivity index is 1.52. The Morgan fingerprint density at radius 1 is 1.05 bits per heavy atom. The average molecular weight is 260 g/mol. The van der Waals surface area contributed by atoms with Gasteiger partial charge in [0.25, 0.3) is 0 Å². The third-order valence-electron chi connectivity index (χ3n) is 4.54. The van der Waals surface area contributed by atoms with E-state index in [1.165, 1.54) is 25.9 Å². The van der Waals surface area contributed by atoms with Crippen molar-refractivity contribution < 1.29 is 5.11 Å². The topological polar surface area (TPSA) is 26.7 Å². The van der Waals surface area contributed by atoms with Crippen LogP contribution in [0.2, 0.25) is 0 Å². The first-order chi connectivity index (χ1) is 9.36. The molecule has 1 aliphatic carbocycles. The molecule has 1 fully saturated rings. The van der Waals surface area contributed by atoms with E-state index in [1.54, 1.807) is 11.1 Å². The molecule has 2 aliphatic rings. The van der Waals surface area contributed by atoms with Crippen LogP contribution in [0.1, 0.15) is 23.5 Å². The monoisotopic (exact) mass is 260 g/mol. The zero-order chi connectivity index (χ0) is 13.1. The van der Waals surface area contributed by atoms with Crippen LogP contribution in [0.4, 0.5) is 0 Å². The zero-order valence-electron chi connectivity index (χ0n) is 11.6. The lowest BCUT2D eigenvalue weighted by molar-refractivity contribution is 0.194. The van der Waals surface area contributed by atoms with Crippen LogP contribution in [-0.2, 0) is 6.42 Å². The van der Waals surface area contributed by atoms with Crippen LogP contribution >= 0.6 is 0 Å². The highest BCUT2D eigenvalue weighted by Gasteiger charge is 2.27. The summed E-state index contributed by atoms with van der Waals surface area (Å²) in [5.41, 5.74) is 3.11. The summed E-state index contributed by atoms with van der Waals surface area (Å²) in [6, 6.07) is 8.86. The molecule has 3 nitrogen and oxygen atoms in total. The van der Waals surface area contributed by atoms with Crippen molar-refractivity contribution in [2.75, 3.05) is 45.9 Å². The predicted octanol–water partition coefficient (Wildman–Crippen LogP) is 1.33. The van der Waals surface area contributed by atoms with Gasteiger partial charge in [-0.2, -0.15) is 0 Å². The second-order valence-electron chi connectivity index (χ2n) is 5.82. The van der Waals surface area contributed by atoms with Gasteiger partial charge < -0.3 is 10.0 Å². The maximum atomic E-state index is 9.02. The molecular weight excluding hydrogens is 236 g/mol. The van der Waals surface area contributed by atoms with E-state index in [-0.39, 0.29) is 6.61 Å².